The van der Waals surface area contributed by atoms with Crippen LogP contribution in [0.5, 0.6) is 5.75 Å². The normalized spacial score (nSPS) is 24.6. The number of benzene rings is 1. The average molecular weight is 572 g/mol. The van der Waals surface area contributed by atoms with E-state index in [4.69, 9.17) is 19.6 Å². The second-order valence-electron chi connectivity index (χ2n) is 11.5. The van der Waals surface area contributed by atoms with E-state index in [-0.39, 0.29) is 59.7 Å². The van der Waals surface area contributed by atoms with Crippen LogP contribution in [0, 0.1) is 11.3 Å². The Balaban J connectivity index is 2.02. The lowest BCUT2D eigenvalue weighted by Gasteiger charge is -2.29. The third kappa shape index (κ3) is 7.12. The summed E-state index contributed by atoms with van der Waals surface area (Å²) in [6.45, 7) is 15.1. The molecule has 0 aliphatic carbocycles. The Bertz CT molecular complexity index is 1230. The molecular formula is C32H46FN3O5. The molecule has 8 nitrogen and oxygen atoms in total. The number of carbonyl (C=O) groups excluding carboxylic acids is 1. The number of nitrogens with one attached hydrogen (secondary N) is 1. The Kier molecular flexibility index (Phi) is 10.6. The Hall–Kier alpha value is -3.33. The van der Waals surface area contributed by atoms with Crippen molar-refractivity contribution in [2.75, 3.05) is 51.4 Å². The first-order valence-corrected chi connectivity index (χ1v) is 14.4. The van der Waals surface area contributed by atoms with Crippen molar-refractivity contribution >= 4 is 17.3 Å². The van der Waals surface area contributed by atoms with E-state index in [0.29, 0.717) is 31.0 Å². The van der Waals surface area contributed by atoms with Crippen molar-refractivity contribution in [2.45, 2.75) is 66.4 Å². The Morgan fingerprint density at radius 2 is 1.83 bits per heavy atom. The molecule has 3 rings (SSSR count). The molecule has 0 aromatic heterocycles. The maximum absolute atomic E-state index is 15.6. The number of Topliss-reactive ketones (excluding diaryl/α,β-unsaturated/α-hetero) is 1. The lowest BCUT2D eigenvalue weighted by molar-refractivity contribution is 0.0966. The molecule has 0 radical (unpaired) electrons. The Morgan fingerprint density at radius 3 is 2.39 bits per heavy atom. The minimum absolute atomic E-state index is 0.0474. The molecule has 0 bridgehead atoms. The number of aliphatic hydroxyl groups is 1. The summed E-state index contributed by atoms with van der Waals surface area (Å²) in [7, 11) is 1.63. The zero-order valence-corrected chi connectivity index (χ0v) is 25.8. The largest absolute Gasteiger partial charge is 0.494 e. The molecule has 2 heterocycles. The third-order valence-corrected chi connectivity index (χ3v) is 7.62. The fourth-order valence-corrected chi connectivity index (χ4v) is 5.26. The molecule has 0 spiro atoms. The van der Waals surface area contributed by atoms with Gasteiger partial charge < -0.3 is 29.1 Å². The van der Waals surface area contributed by atoms with Gasteiger partial charge in [0.05, 0.1) is 38.7 Å². The minimum Gasteiger partial charge on any atom is -0.494 e. The number of aliphatic hydroxyl groups excluding tert-OH is 1. The predicted octanol–water partition coefficient (Wildman–Crippen LogP) is 5.76. The number of hydrogen-bond acceptors (Lipinski definition) is 7. The molecule has 2 aliphatic heterocycles. The van der Waals surface area contributed by atoms with Gasteiger partial charge in [-0.2, -0.15) is 0 Å². The van der Waals surface area contributed by atoms with Crippen molar-refractivity contribution in [3.8, 4) is 5.75 Å². The highest BCUT2D eigenvalue weighted by atomic mass is 19.1. The van der Waals surface area contributed by atoms with Gasteiger partial charge in [0.2, 0.25) is 0 Å². The standard InChI is InChI=1S/C32H46FN3O5/c1-9-21-17-36(19-25(21)37)24-16-22(15-23(29(24)39-8)32(5,6)7)26(38)18-35-14-12-13-27(40-10-2)30(41-11-3)28(33)20(4)31(35)34/h12-13,15-16,21,25,34,37H,9-11,14,17-19H2,1-8H3/b13-12+,28-20-,30-27-,34-31?/t21-,25?/m0/s1. The van der Waals surface area contributed by atoms with Crippen molar-refractivity contribution in [3.63, 3.8) is 0 Å². The first-order valence-electron chi connectivity index (χ1n) is 14.4. The summed E-state index contributed by atoms with van der Waals surface area (Å²) in [6, 6.07) is 3.68. The van der Waals surface area contributed by atoms with Crippen molar-refractivity contribution in [1.29, 1.82) is 5.41 Å². The van der Waals surface area contributed by atoms with Gasteiger partial charge in [-0.1, -0.05) is 33.8 Å². The number of carbonyl (C=O) groups is 1. The zero-order valence-electron chi connectivity index (χ0n) is 25.8. The number of β-amino-alcohol motifs (C(OH)–C–C–N with tert-alkyl or cyclic N) is 1. The number of methoxy groups -OCH3 is 1. The number of anilines is 1. The van der Waals surface area contributed by atoms with Crippen LogP contribution >= 0.6 is 0 Å². The van der Waals surface area contributed by atoms with Crippen molar-refractivity contribution in [2.24, 2.45) is 5.92 Å². The topological polar surface area (TPSA) is 95.3 Å². The van der Waals surface area contributed by atoms with E-state index in [0.717, 1.165) is 17.7 Å². The summed E-state index contributed by atoms with van der Waals surface area (Å²) in [5.74, 6) is 0.0255. The van der Waals surface area contributed by atoms with Gasteiger partial charge in [-0.25, -0.2) is 4.39 Å². The van der Waals surface area contributed by atoms with Crippen LogP contribution in [0.25, 0.3) is 0 Å². The zero-order chi connectivity index (χ0) is 30.5. The van der Waals surface area contributed by atoms with Crippen LogP contribution in [0.15, 0.2) is 47.2 Å². The molecule has 1 fully saturated rings. The number of ketones is 1. The fourth-order valence-electron chi connectivity index (χ4n) is 5.26. The minimum atomic E-state index is -0.691. The molecule has 0 saturated carbocycles. The third-order valence-electron chi connectivity index (χ3n) is 7.62. The number of amidine groups is 1. The van der Waals surface area contributed by atoms with Crippen molar-refractivity contribution in [3.05, 3.63) is 58.3 Å². The fraction of sp³-hybridized carbons (Fsp3) is 0.562. The monoisotopic (exact) mass is 571 g/mol. The first kappa shape index (κ1) is 32.2. The van der Waals surface area contributed by atoms with Gasteiger partial charge in [-0.05, 0) is 50.8 Å². The predicted molar refractivity (Wildman–Crippen MR) is 161 cm³/mol. The van der Waals surface area contributed by atoms with Gasteiger partial charge in [0.1, 0.15) is 11.6 Å². The molecule has 226 valence electrons. The average Bonchev–Trinajstić information content (AvgIpc) is 3.33. The van der Waals surface area contributed by atoms with Gasteiger partial charge in [0.25, 0.3) is 0 Å². The van der Waals surface area contributed by atoms with Crippen LogP contribution in [-0.2, 0) is 14.9 Å². The van der Waals surface area contributed by atoms with Gasteiger partial charge >= 0.3 is 0 Å². The molecule has 41 heavy (non-hydrogen) atoms. The molecular weight excluding hydrogens is 525 g/mol. The van der Waals surface area contributed by atoms with E-state index in [1.165, 1.54) is 6.92 Å². The number of rotatable bonds is 10. The summed E-state index contributed by atoms with van der Waals surface area (Å²) in [5.41, 5.74) is 1.86. The van der Waals surface area contributed by atoms with E-state index in [2.05, 4.69) is 32.6 Å². The quantitative estimate of drug-likeness (QED) is 0.345. The molecule has 1 aromatic rings. The van der Waals surface area contributed by atoms with Crippen LogP contribution in [0.4, 0.5) is 10.1 Å². The maximum Gasteiger partial charge on any atom is 0.197 e. The summed E-state index contributed by atoms with van der Waals surface area (Å²) in [6.07, 6.45) is 3.77. The van der Waals surface area contributed by atoms with E-state index < -0.39 is 11.9 Å². The van der Waals surface area contributed by atoms with E-state index in [1.54, 1.807) is 38.0 Å². The summed E-state index contributed by atoms with van der Waals surface area (Å²) in [4.78, 5) is 17.5. The lowest BCUT2D eigenvalue weighted by Crippen LogP contribution is -2.36. The Labute approximate surface area is 244 Å². The van der Waals surface area contributed by atoms with Gasteiger partial charge in [-0.3, -0.25) is 10.2 Å². The van der Waals surface area contributed by atoms with E-state index in [9.17, 15) is 9.90 Å². The van der Waals surface area contributed by atoms with Gasteiger partial charge in [0.15, 0.2) is 23.1 Å². The second kappa shape index (κ2) is 13.6. The number of halogens is 1. The summed E-state index contributed by atoms with van der Waals surface area (Å²) < 4.78 is 32.7. The number of hydrogen-bond donors (Lipinski definition) is 2. The molecule has 2 N–H and O–H groups in total. The van der Waals surface area contributed by atoms with Crippen LogP contribution in [0.3, 0.4) is 0 Å². The molecule has 1 unspecified atom stereocenters. The van der Waals surface area contributed by atoms with Crippen molar-refractivity contribution in [1.82, 2.24) is 4.90 Å². The van der Waals surface area contributed by atoms with Crippen LogP contribution in [-0.4, -0.2) is 74.2 Å². The molecule has 2 atom stereocenters. The van der Waals surface area contributed by atoms with Gasteiger partial charge in [0, 0.05) is 42.3 Å². The lowest BCUT2D eigenvalue weighted by atomic mass is 9.84. The summed E-state index contributed by atoms with van der Waals surface area (Å²) >= 11 is 0. The SMILES string of the molecule is CCOC1=C(OCC)/C(F)=C(\C)C(=N)N(CC(=O)c2cc(N3CC(O)[C@@H](CC)C3)c(OC)c(C(C)(C)C)c2)C\C=C\1. The number of nitrogens with zero attached hydrogens (tertiary/aromatic N) is 2. The molecule has 1 aromatic carbocycles. The second-order valence-corrected chi connectivity index (χ2v) is 11.5. The smallest absolute Gasteiger partial charge is 0.197 e. The highest BCUT2D eigenvalue weighted by Gasteiger charge is 2.34. The first-order chi connectivity index (χ1) is 19.4. The molecule has 2 aliphatic rings. The number of ether oxygens (including phenoxy) is 3. The maximum atomic E-state index is 15.6. The molecule has 0 amide bonds. The molecule has 1 saturated heterocycles. The van der Waals surface area contributed by atoms with Crippen LogP contribution in [0.1, 0.15) is 70.8 Å². The van der Waals surface area contributed by atoms with E-state index >= 15 is 4.39 Å². The number of allylic oxidation sites excluding steroid dienone is 2. The molecule has 9 heteroatoms. The summed E-state index contributed by atoms with van der Waals surface area (Å²) in [5, 5.41) is 19.4. The highest BCUT2D eigenvalue weighted by Crippen LogP contribution is 2.42. The highest BCUT2D eigenvalue weighted by molar-refractivity contribution is 6.04. The Morgan fingerprint density at radius 1 is 1.15 bits per heavy atom. The van der Waals surface area contributed by atoms with Crippen LogP contribution < -0.4 is 9.64 Å². The van der Waals surface area contributed by atoms with E-state index in [1.807, 2.05) is 12.1 Å². The van der Waals surface area contributed by atoms with Crippen LogP contribution in [0.2, 0.25) is 0 Å². The van der Waals surface area contributed by atoms with Gasteiger partial charge in [-0.15, -0.1) is 0 Å². The van der Waals surface area contributed by atoms with Crippen molar-refractivity contribution < 1.29 is 28.5 Å².